The van der Waals surface area contributed by atoms with E-state index in [0.717, 1.165) is 36.1 Å². The number of carbonyl (C=O) groups is 2. The average Bonchev–Trinajstić information content (AvgIpc) is 3.48. The molecule has 1 aliphatic heterocycles. The van der Waals surface area contributed by atoms with Gasteiger partial charge < -0.3 is 14.5 Å². The normalized spacial score (nSPS) is 18.3. The molecule has 2 aromatic rings. The Labute approximate surface area is 199 Å². The zero-order valence-electron chi connectivity index (χ0n) is 19.2. The molecule has 0 unspecified atom stereocenters. The van der Waals surface area contributed by atoms with Crippen molar-refractivity contribution in [3.63, 3.8) is 0 Å². The van der Waals surface area contributed by atoms with E-state index in [1.165, 1.54) is 4.88 Å². The predicted octanol–water partition coefficient (Wildman–Crippen LogP) is 5.25. The minimum Gasteiger partial charge on any atom is -0.491 e. The highest BCUT2D eigenvalue weighted by Gasteiger charge is 2.40. The Hall–Kier alpha value is -2.05. The lowest BCUT2D eigenvalue weighted by Gasteiger charge is -2.40. The molecule has 1 saturated carbocycles. The summed E-state index contributed by atoms with van der Waals surface area (Å²) in [6.07, 6.45) is 2.69. The van der Waals surface area contributed by atoms with E-state index < -0.39 is 5.54 Å². The maximum absolute atomic E-state index is 13.5. The summed E-state index contributed by atoms with van der Waals surface area (Å²) < 4.78 is 6.13. The van der Waals surface area contributed by atoms with Crippen LogP contribution in [-0.2, 0) is 16.0 Å². The van der Waals surface area contributed by atoms with Crippen LogP contribution in [0.5, 0.6) is 5.75 Å². The average molecular weight is 475 g/mol. The first-order valence-corrected chi connectivity index (χ1v) is 12.5. The molecule has 4 rings (SSSR count). The highest BCUT2D eigenvalue weighted by Crippen LogP contribution is 2.36. The zero-order valence-corrected chi connectivity index (χ0v) is 20.8. The maximum Gasteiger partial charge on any atom is 0.242 e. The van der Waals surface area contributed by atoms with Gasteiger partial charge in [0, 0.05) is 27.9 Å². The van der Waals surface area contributed by atoms with Gasteiger partial charge in [0.2, 0.25) is 11.8 Å². The SMILES string of the molecule is Cc1cc(OC[C@@H]2c3ccsc3CCN2C(=O)CN(C(=O)C2CC2)C(C)(C)C)ccc1Cl. The Morgan fingerprint density at radius 3 is 2.66 bits per heavy atom. The van der Waals surface area contributed by atoms with Crippen molar-refractivity contribution in [1.29, 1.82) is 0 Å². The van der Waals surface area contributed by atoms with E-state index in [2.05, 4.69) is 11.4 Å². The Kier molecular flexibility index (Phi) is 6.55. The van der Waals surface area contributed by atoms with Crippen LogP contribution in [0.15, 0.2) is 29.6 Å². The number of ether oxygens (including phenoxy) is 1. The third kappa shape index (κ3) is 4.96. The van der Waals surface area contributed by atoms with Crippen LogP contribution in [0.2, 0.25) is 5.02 Å². The van der Waals surface area contributed by atoms with Gasteiger partial charge in [0.05, 0.1) is 6.04 Å². The number of aryl methyl sites for hydroxylation is 1. The number of halogens is 1. The molecule has 172 valence electrons. The van der Waals surface area contributed by atoms with Crippen LogP contribution in [0.4, 0.5) is 0 Å². The molecular weight excluding hydrogens is 444 g/mol. The highest BCUT2D eigenvalue weighted by atomic mass is 35.5. The molecule has 0 spiro atoms. The molecule has 2 amide bonds. The summed E-state index contributed by atoms with van der Waals surface area (Å²) in [5, 5.41) is 2.78. The molecule has 0 radical (unpaired) electrons. The van der Waals surface area contributed by atoms with Gasteiger partial charge in [0.25, 0.3) is 0 Å². The van der Waals surface area contributed by atoms with Gasteiger partial charge in [-0.05, 0) is 87.7 Å². The van der Waals surface area contributed by atoms with Crippen LogP contribution >= 0.6 is 22.9 Å². The van der Waals surface area contributed by atoms with Crippen molar-refractivity contribution < 1.29 is 14.3 Å². The highest BCUT2D eigenvalue weighted by molar-refractivity contribution is 7.10. The van der Waals surface area contributed by atoms with Gasteiger partial charge in [-0.15, -0.1) is 11.3 Å². The van der Waals surface area contributed by atoms with Crippen LogP contribution < -0.4 is 4.74 Å². The Balaban J connectivity index is 1.53. The number of hydrogen-bond donors (Lipinski definition) is 0. The number of thiophene rings is 1. The molecule has 5 nitrogen and oxygen atoms in total. The minimum atomic E-state index is -0.397. The lowest BCUT2D eigenvalue weighted by atomic mass is 9.99. The molecule has 32 heavy (non-hydrogen) atoms. The minimum absolute atomic E-state index is 0.0216. The Morgan fingerprint density at radius 1 is 1.25 bits per heavy atom. The number of hydrogen-bond acceptors (Lipinski definition) is 4. The monoisotopic (exact) mass is 474 g/mol. The summed E-state index contributed by atoms with van der Waals surface area (Å²) in [6.45, 7) is 9.04. The van der Waals surface area contributed by atoms with Crippen molar-refractivity contribution in [2.45, 2.75) is 58.5 Å². The standard InChI is InChI=1S/C25H31ClN2O3S/c1-16-13-18(7-8-20(16)26)31-15-21-19-10-12-32-22(19)9-11-27(21)23(29)14-28(25(2,3)4)24(30)17-5-6-17/h7-8,10,12-13,17,21H,5-6,9,11,14-15H2,1-4H3/t21-/m1/s1. The van der Waals surface area contributed by atoms with Crippen molar-refractivity contribution in [3.05, 3.63) is 50.7 Å². The van der Waals surface area contributed by atoms with Gasteiger partial charge in [-0.25, -0.2) is 0 Å². The van der Waals surface area contributed by atoms with E-state index in [0.29, 0.717) is 18.2 Å². The van der Waals surface area contributed by atoms with E-state index >= 15 is 0 Å². The van der Waals surface area contributed by atoms with Gasteiger partial charge in [0.1, 0.15) is 18.9 Å². The molecule has 7 heteroatoms. The van der Waals surface area contributed by atoms with Gasteiger partial charge in [0.15, 0.2) is 0 Å². The lowest BCUT2D eigenvalue weighted by Crippen LogP contribution is -2.53. The second-order valence-corrected chi connectivity index (χ2v) is 11.2. The second-order valence-electron chi connectivity index (χ2n) is 9.74. The Bertz CT molecular complexity index is 1010. The van der Waals surface area contributed by atoms with Gasteiger partial charge in [-0.3, -0.25) is 9.59 Å². The third-order valence-electron chi connectivity index (χ3n) is 6.25. The van der Waals surface area contributed by atoms with E-state index in [-0.39, 0.29) is 30.3 Å². The van der Waals surface area contributed by atoms with Crippen molar-refractivity contribution in [2.75, 3.05) is 19.7 Å². The molecule has 0 saturated heterocycles. The fourth-order valence-corrected chi connectivity index (χ4v) is 5.22. The van der Waals surface area contributed by atoms with E-state index in [1.54, 1.807) is 16.2 Å². The zero-order chi connectivity index (χ0) is 23.0. The predicted molar refractivity (Wildman–Crippen MR) is 128 cm³/mol. The summed E-state index contributed by atoms with van der Waals surface area (Å²) >= 11 is 7.87. The molecule has 1 aliphatic carbocycles. The van der Waals surface area contributed by atoms with Gasteiger partial charge in [-0.2, -0.15) is 0 Å². The topological polar surface area (TPSA) is 49.9 Å². The first kappa shape index (κ1) is 23.1. The molecule has 0 N–H and O–H groups in total. The van der Waals surface area contributed by atoms with Crippen LogP contribution in [0.3, 0.4) is 0 Å². The molecule has 2 heterocycles. The lowest BCUT2D eigenvalue weighted by molar-refractivity contribution is -0.147. The third-order valence-corrected chi connectivity index (χ3v) is 7.67. The van der Waals surface area contributed by atoms with Gasteiger partial charge >= 0.3 is 0 Å². The molecule has 0 bridgehead atoms. The van der Waals surface area contributed by atoms with E-state index in [1.807, 2.05) is 50.8 Å². The molecule has 2 aliphatic rings. The summed E-state index contributed by atoms with van der Waals surface area (Å²) in [5.74, 6) is 0.899. The number of benzene rings is 1. The summed E-state index contributed by atoms with van der Waals surface area (Å²) in [5.41, 5.74) is 1.71. The van der Waals surface area contributed by atoms with Crippen LogP contribution in [0.1, 0.15) is 55.7 Å². The molecular formula is C25H31ClN2O3S. The largest absolute Gasteiger partial charge is 0.491 e. The summed E-state index contributed by atoms with van der Waals surface area (Å²) in [4.78, 5) is 31.4. The van der Waals surface area contributed by atoms with E-state index in [9.17, 15) is 9.59 Å². The smallest absolute Gasteiger partial charge is 0.242 e. The van der Waals surface area contributed by atoms with Crippen LogP contribution in [0.25, 0.3) is 0 Å². The molecule has 1 fully saturated rings. The number of amides is 2. The molecule has 1 aromatic heterocycles. The quantitative estimate of drug-likeness (QED) is 0.574. The molecule has 1 atom stereocenters. The number of carbonyl (C=O) groups excluding carboxylic acids is 2. The fourth-order valence-electron chi connectivity index (χ4n) is 4.18. The first-order chi connectivity index (χ1) is 15.1. The second kappa shape index (κ2) is 9.06. The fraction of sp³-hybridized carbons (Fsp3) is 0.520. The van der Waals surface area contributed by atoms with Gasteiger partial charge in [-0.1, -0.05) is 11.6 Å². The van der Waals surface area contributed by atoms with Crippen LogP contribution in [0, 0.1) is 12.8 Å². The van der Waals surface area contributed by atoms with E-state index in [4.69, 9.17) is 16.3 Å². The van der Waals surface area contributed by atoms with Crippen molar-refractivity contribution in [2.24, 2.45) is 5.92 Å². The van der Waals surface area contributed by atoms with Crippen molar-refractivity contribution in [1.82, 2.24) is 9.80 Å². The van der Waals surface area contributed by atoms with Crippen molar-refractivity contribution in [3.8, 4) is 5.75 Å². The number of nitrogens with zero attached hydrogens (tertiary/aromatic N) is 2. The maximum atomic E-state index is 13.5. The Morgan fingerprint density at radius 2 is 2.00 bits per heavy atom. The first-order valence-electron chi connectivity index (χ1n) is 11.2. The summed E-state index contributed by atoms with van der Waals surface area (Å²) in [6, 6.07) is 7.52. The van der Waals surface area contributed by atoms with Crippen molar-refractivity contribution >= 4 is 34.8 Å². The molecule has 1 aromatic carbocycles. The van der Waals surface area contributed by atoms with Crippen LogP contribution in [-0.4, -0.2) is 46.8 Å². The number of rotatable bonds is 6. The number of fused-ring (bicyclic) bond motifs is 1. The summed E-state index contributed by atoms with van der Waals surface area (Å²) in [7, 11) is 0.